The summed E-state index contributed by atoms with van der Waals surface area (Å²) in [5.41, 5.74) is -0.143. The maximum atomic E-state index is 13.9. The second kappa shape index (κ2) is 14.7. The summed E-state index contributed by atoms with van der Waals surface area (Å²) in [5, 5.41) is 3.08. The van der Waals surface area contributed by atoms with Crippen LogP contribution in [0.5, 0.6) is 0 Å². The highest BCUT2D eigenvalue weighted by molar-refractivity contribution is 5.96. The van der Waals surface area contributed by atoms with Crippen LogP contribution in [0.2, 0.25) is 0 Å². The van der Waals surface area contributed by atoms with Crippen LogP contribution in [0.4, 0.5) is 0 Å². The predicted molar refractivity (Wildman–Crippen MR) is 162 cm³/mol. The molecule has 9 heteroatoms. The van der Waals surface area contributed by atoms with Crippen molar-refractivity contribution < 1.29 is 23.9 Å². The molecule has 1 N–H and O–H groups in total. The first-order valence-electron chi connectivity index (χ1n) is 15.5. The molecule has 2 unspecified atom stereocenters. The fraction of sp³-hybridized carbons (Fsp3) is 0.812. The van der Waals surface area contributed by atoms with Crippen molar-refractivity contribution in [3.05, 3.63) is 11.6 Å². The van der Waals surface area contributed by atoms with Gasteiger partial charge in [-0.1, -0.05) is 40.2 Å². The van der Waals surface area contributed by atoms with Gasteiger partial charge in [0.1, 0.15) is 17.7 Å². The third kappa shape index (κ3) is 9.29. The van der Waals surface area contributed by atoms with Gasteiger partial charge < -0.3 is 19.9 Å². The molecule has 2 rings (SSSR count). The molecule has 2 fully saturated rings. The number of hydrogen-bond acceptors (Lipinski definition) is 6. The van der Waals surface area contributed by atoms with Crippen LogP contribution < -0.4 is 5.32 Å². The first kappa shape index (κ1) is 34.8. The topological polar surface area (TPSA) is 99.3 Å². The lowest BCUT2D eigenvalue weighted by atomic mass is 9.95. The first-order valence-corrected chi connectivity index (χ1v) is 15.5. The maximum Gasteiger partial charge on any atom is 0.329 e. The third-order valence-electron chi connectivity index (χ3n) is 8.17. The predicted octanol–water partition coefficient (Wildman–Crippen LogP) is 4.15. The van der Waals surface area contributed by atoms with Crippen molar-refractivity contribution in [3.8, 4) is 0 Å². The summed E-state index contributed by atoms with van der Waals surface area (Å²) < 4.78 is 5.57. The number of likely N-dealkylation sites (tertiary alicyclic amines) is 2. The average molecular weight is 577 g/mol. The molecule has 0 aromatic heterocycles. The molecule has 41 heavy (non-hydrogen) atoms. The van der Waals surface area contributed by atoms with Crippen molar-refractivity contribution >= 4 is 23.7 Å². The number of esters is 1. The summed E-state index contributed by atoms with van der Waals surface area (Å²) in [6.45, 7) is 20.7. The molecule has 2 saturated heterocycles. The van der Waals surface area contributed by atoms with Gasteiger partial charge in [-0.05, 0) is 85.6 Å². The van der Waals surface area contributed by atoms with Gasteiger partial charge in [0.2, 0.25) is 17.7 Å². The van der Waals surface area contributed by atoms with Crippen LogP contribution >= 0.6 is 0 Å². The number of carbonyl (C=O) groups is 4. The average Bonchev–Trinajstić information content (AvgIpc) is 3.37. The van der Waals surface area contributed by atoms with Crippen molar-refractivity contribution in [2.24, 2.45) is 11.8 Å². The third-order valence-corrected chi connectivity index (χ3v) is 8.17. The van der Waals surface area contributed by atoms with E-state index in [4.69, 9.17) is 4.74 Å². The number of hydrogen-bond donors (Lipinski definition) is 1. The molecule has 2 aliphatic rings. The van der Waals surface area contributed by atoms with E-state index >= 15 is 0 Å². The lowest BCUT2D eigenvalue weighted by Crippen LogP contribution is -2.58. The lowest BCUT2D eigenvalue weighted by Gasteiger charge is -2.39. The minimum Gasteiger partial charge on any atom is -0.458 e. The Morgan fingerprint density at radius 1 is 0.902 bits per heavy atom. The van der Waals surface area contributed by atoms with Crippen molar-refractivity contribution in [1.29, 1.82) is 0 Å². The van der Waals surface area contributed by atoms with E-state index in [0.717, 1.165) is 32.2 Å². The van der Waals surface area contributed by atoms with E-state index in [9.17, 15) is 19.2 Å². The molecule has 234 valence electrons. The van der Waals surface area contributed by atoms with Crippen LogP contribution in [-0.4, -0.2) is 94.3 Å². The maximum absolute atomic E-state index is 13.9. The number of piperidine rings is 1. The van der Waals surface area contributed by atoms with Crippen LogP contribution in [0.3, 0.4) is 0 Å². The summed E-state index contributed by atoms with van der Waals surface area (Å²) in [6, 6.07) is -1.63. The van der Waals surface area contributed by atoms with Crippen molar-refractivity contribution in [2.75, 3.05) is 20.1 Å². The Labute approximate surface area is 248 Å². The normalized spacial score (nSPS) is 22.2. The Bertz CT molecular complexity index is 968. The van der Waals surface area contributed by atoms with Gasteiger partial charge in [0.15, 0.2) is 0 Å². The summed E-state index contributed by atoms with van der Waals surface area (Å²) >= 11 is 0. The summed E-state index contributed by atoms with van der Waals surface area (Å²) in [7, 11) is 1.74. The fourth-order valence-corrected chi connectivity index (χ4v) is 5.91. The van der Waals surface area contributed by atoms with Gasteiger partial charge in [0.05, 0.1) is 12.1 Å². The Morgan fingerprint density at radius 3 is 2.05 bits per heavy atom. The number of ether oxygens (including phenoxy) is 1. The Morgan fingerprint density at radius 2 is 1.51 bits per heavy atom. The molecule has 4 atom stereocenters. The van der Waals surface area contributed by atoms with Gasteiger partial charge in [-0.2, -0.15) is 0 Å². The second-order valence-electron chi connectivity index (χ2n) is 13.8. The smallest absolute Gasteiger partial charge is 0.329 e. The van der Waals surface area contributed by atoms with Gasteiger partial charge in [0, 0.05) is 25.2 Å². The zero-order valence-electron chi connectivity index (χ0n) is 27.5. The van der Waals surface area contributed by atoms with E-state index in [1.165, 1.54) is 0 Å². The van der Waals surface area contributed by atoms with Crippen molar-refractivity contribution in [3.63, 3.8) is 0 Å². The molecule has 0 radical (unpaired) electrons. The van der Waals surface area contributed by atoms with E-state index in [2.05, 4.69) is 24.1 Å². The minimum absolute atomic E-state index is 0.0187. The van der Waals surface area contributed by atoms with Gasteiger partial charge in [0.25, 0.3) is 0 Å². The monoisotopic (exact) mass is 576 g/mol. The summed E-state index contributed by atoms with van der Waals surface area (Å²) in [6.07, 6.45) is 6.01. The highest BCUT2D eigenvalue weighted by Gasteiger charge is 2.39. The van der Waals surface area contributed by atoms with E-state index < -0.39 is 17.7 Å². The number of amides is 3. The van der Waals surface area contributed by atoms with Gasteiger partial charge in [-0.25, -0.2) is 4.79 Å². The fourth-order valence-electron chi connectivity index (χ4n) is 5.91. The highest BCUT2D eigenvalue weighted by Crippen LogP contribution is 2.25. The van der Waals surface area contributed by atoms with E-state index in [0.29, 0.717) is 18.5 Å². The zero-order valence-corrected chi connectivity index (χ0v) is 27.5. The van der Waals surface area contributed by atoms with Crippen molar-refractivity contribution in [1.82, 2.24) is 20.0 Å². The van der Waals surface area contributed by atoms with Crippen LogP contribution in [-0.2, 0) is 23.9 Å². The van der Waals surface area contributed by atoms with Gasteiger partial charge in [-0.15, -0.1) is 0 Å². The van der Waals surface area contributed by atoms with Crippen LogP contribution in [0, 0.1) is 11.8 Å². The van der Waals surface area contributed by atoms with E-state index in [-0.39, 0.29) is 53.7 Å². The van der Waals surface area contributed by atoms with E-state index in [1.54, 1.807) is 23.8 Å². The molecule has 0 bridgehead atoms. The molecule has 2 aliphatic heterocycles. The number of carbonyl (C=O) groups excluding carboxylic acids is 4. The molecular formula is C32H56N4O5. The second-order valence-corrected chi connectivity index (χ2v) is 13.8. The Balaban J connectivity index is 2.22. The first-order chi connectivity index (χ1) is 19.0. The number of nitrogens with one attached hydrogen (secondary N) is 1. The van der Waals surface area contributed by atoms with Gasteiger partial charge in [-0.3, -0.25) is 19.3 Å². The molecule has 0 aliphatic carbocycles. The number of rotatable bonds is 10. The van der Waals surface area contributed by atoms with Crippen LogP contribution in [0.1, 0.15) is 101 Å². The zero-order chi connectivity index (χ0) is 31.2. The molecule has 0 aromatic rings. The summed E-state index contributed by atoms with van der Waals surface area (Å²) in [5.74, 6) is -0.959. The lowest BCUT2D eigenvalue weighted by molar-refractivity contribution is -0.162. The van der Waals surface area contributed by atoms with Crippen molar-refractivity contribution in [2.45, 2.75) is 137 Å². The molecule has 0 spiro atoms. The number of likely N-dealkylation sites (N-methyl/N-ethyl adjacent to an activating group) is 1. The quantitative estimate of drug-likeness (QED) is 0.310. The van der Waals surface area contributed by atoms with Gasteiger partial charge >= 0.3 is 5.97 Å². The highest BCUT2D eigenvalue weighted by atomic mass is 16.6. The molecule has 0 aromatic carbocycles. The number of nitrogens with zero attached hydrogens (tertiary/aromatic N) is 3. The van der Waals surface area contributed by atoms with E-state index in [1.807, 2.05) is 54.5 Å². The molecule has 2 heterocycles. The molecular weight excluding hydrogens is 520 g/mol. The standard InChI is InChI=1S/C32H56N4O5/c1-20(2)26(19-23(7)29(38)36-18-14-16-25(36)31(40)41-32(8,9)10)34(11)30(39)27(21(3)4)33-28(37)24-15-12-13-17-35(24)22(5)6/h19-22,24-27H,12-18H2,1-11H3,(H,33,37)/b23-19+/t24-,25?,26-,27?/m1/s1. The van der Waals surface area contributed by atoms with Crippen LogP contribution in [0.25, 0.3) is 0 Å². The molecule has 9 nitrogen and oxygen atoms in total. The van der Waals surface area contributed by atoms with Crippen LogP contribution in [0.15, 0.2) is 11.6 Å². The Hall–Kier alpha value is -2.42. The Kier molecular flexibility index (Phi) is 12.4. The summed E-state index contributed by atoms with van der Waals surface area (Å²) in [4.78, 5) is 59.1. The molecule has 0 saturated carbocycles. The molecule has 3 amide bonds. The SMILES string of the molecule is C/C(=C\[C@H](C(C)C)N(C)C(=O)C(NC(=O)[C@H]1CCCCN1C(C)C)C(C)C)C(=O)N1CCCC1C(=O)OC(C)(C)C. The minimum atomic E-state index is -0.677. The largest absolute Gasteiger partial charge is 0.458 e.